The van der Waals surface area contributed by atoms with E-state index in [1.165, 1.54) is 5.56 Å². The fraction of sp³-hybridized carbons (Fsp3) is 0.500. The molecule has 88 valence electrons. The van der Waals surface area contributed by atoms with E-state index in [1.807, 2.05) is 12.1 Å². The molecule has 0 bridgehead atoms. The first kappa shape index (κ1) is 12.8. The molecule has 2 heteroatoms. The quantitative estimate of drug-likeness (QED) is 0.608. The Morgan fingerprint density at radius 2 is 1.88 bits per heavy atom. The van der Waals surface area contributed by atoms with Gasteiger partial charge in [0.25, 0.3) is 0 Å². The molecule has 0 aliphatic heterocycles. The van der Waals surface area contributed by atoms with Crippen LogP contribution in [-0.2, 0) is 5.41 Å². The van der Waals surface area contributed by atoms with Crippen molar-refractivity contribution in [1.29, 1.82) is 0 Å². The van der Waals surface area contributed by atoms with Crippen molar-refractivity contribution in [3.05, 3.63) is 29.8 Å². The van der Waals surface area contributed by atoms with Crippen molar-refractivity contribution >= 4 is 11.5 Å². The summed E-state index contributed by atoms with van der Waals surface area (Å²) in [5, 5.41) is 0. The van der Waals surface area contributed by atoms with E-state index < -0.39 is 0 Å². The third kappa shape index (κ3) is 3.37. The summed E-state index contributed by atoms with van der Waals surface area (Å²) in [6.07, 6.45) is 1.89. The van der Waals surface area contributed by atoms with Crippen LogP contribution in [0.3, 0.4) is 0 Å². The van der Waals surface area contributed by atoms with Crippen LogP contribution in [0, 0.1) is 0 Å². The van der Waals surface area contributed by atoms with Crippen LogP contribution in [0.1, 0.15) is 46.1 Å². The number of rotatable bonds is 3. The highest BCUT2D eigenvalue weighted by Crippen LogP contribution is 2.31. The average Bonchev–Trinajstić information content (AvgIpc) is 2.17. The summed E-state index contributed by atoms with van der Waals surface area (Å²) in [7, 11) is 0. The molecule has 0 fully saturated rings. The Morgan fingerprint density at radius 3 is 2.44 bits per heavy atom. The van der Waals surface area contributed by atoms with Crippen LogP contribution in [-0.4, -0.2) is 5.84 Å². The molecule has 1 aromatic rings. The highest BCUT2D eigenvalue weighted by Gasteiger charge is 2.17. The Bertz CT molecular complexity index is 373. The van der Waals surface area contributed by atoms with Gasteiger partial charge in [-0.3, -0.25) is 0 Å². The normalized spacial score (nSPS) is 12.9. The third-order valence-corrected chi connectivity index (χ3v) is 2.48. The van der Waals surface area contributed by atoms with Crippen LogP contribution >= 0.6 is 0 Å². The van der Waals surface area contributed by atoms with Crippen LogP contribution in [0.5, 0.6) is 0 Å². The van der Waals surface area contributed by atoms with Gasteiger partial charge in [-0.05, 0) is 23.5 Å². The Hall–Kier alpha value is -1.31. The minimum Gasteiger partial charge on any atom is -0.387 e. The van der Waals surface area contributed by atoms with Crippen molar-refractivity contribution in [3.8, 4) is 0 Å². The summed E-state index contributed by atoms with van der Waals surface area (Å²) in [4.78, 5) is 4.51. The second-order valence-electron chi connectivity index (χ2n) is 5.12. The zero-order valence-electron chi connectivity index (χ0n) is 10.7. The van der Waals surface area contributed by atoms with Gasteiger partial charge in [-0.1, -0.05) is 45.9 Å². The number of nitrogens with zero attached hydrogens (tertiary/aromatic N) is 1. The van der Waals surface area contributed by atoms with Gasteiger partial charge in [0.2, 0.25) is 0 Å². The lowest BCUT2D eigenvalue weighted by Gasteiger charge is -2.21. The van der Waals surface area contributed by atoms with Gasteiger partial charge in [-0.25, -0.2) is 4.99 Å². The molecule has 0 aromatic heterocycles. The zero-order chi connectivity index (χ0) is 12.2. The second-order valence-corrected chi connectivity index (χ2v) is 5.12. The molecule has 0 radical (unpaired) electrons. The SMILES string of the molecule is CCCC(N)=Nc1ccccc1C(C)(C)C. The zero-order valence-corrected chi connectivity index (χ0v) is 10.7. The van der Waals surface area contributed by atoms with Crippen molar-refractivity contribution in [2.24, 2.45) is 10.7 Å². The summed E-state index contributed by atoms with van der Waals surface area (Å²) in [5.41, 5.74) is 8.23. The summed E-state index contributed by atoms with van der Waals surface area (Å²) in [5.74, 6) is 0.721. The fourth-order valence-corrected chi connectivity index (χ4v) is 1.67. The van der Waals surface area contributed by atoms with Gasteiger partial charge in [0, 0.05) is 6.42 Å². The lowest BCUT2D eigenvalue weighted by molar-refractivity contribution is 0.591. The number of aliphatic imine (C=N–C) groups is 1. The monoisotopic (exact) mass is 218 g/mol. The van der Waals surface area contributed by atoms with E-state index in [2.05, 4.69) is 44.8 Å². The number of para-hydroxylation sites is 1. The molecule has 0 unspecified atom stereocenters. The fourth-order valence-electron chi connectivity index (χ4n) is 1.67. The van der Waals surface area contributed by atoms with Gasteiger partial charge in [-0.2, -0.15) is 0 Å². The van der Waals surface area contributed by atoms with E-state index >= 15 is 0 Å². The van der Waals surface area contributed by atoms with E-state index in [9.17, 15) is 0 Å². The van der Waals surface area contributed by atoms with Crippen LogP contribution in [0.4, 0.5) is 5.69 Å². The first-order valence-corrected chi connectivity index (χ1v) is 5.87. The molecule has 16 heavy (non-hydrogen) atoms. The minimum atomic E-state index is 0.104. The van der Waals surface area contributed by atoms with Crippen molar-refractivity contribution in [1.82, 2.24) is 0 Å². The molecule has 2 nitrogen and oxygen atoms in total. The van der Waals surface area contributed by atoms with E-state index in [-0.39, 0.29) is 5.41 Å². The molecule has 1 rings (SSSR count). The number of nitrogens with two attached hydrogens (primary N) is 1. The number of hydrogen-bond donors (Lipinski definition) is 1. The Kier molecular flexibility index (Phi) is 4.11. The predicted molar refractivity (Wildman–Crippen MR) is 71.3 cm³/mol. The molecule has 0 atom stereocenters. The van der Waals surface area contributed by atoms with Gasteiger partial charge in [-0.15, -0.1) is 0 Å². The Balaban J connectivity index is 3.10. The highest BCUT2D eigenvalue weighted by atomic mass is 14.9. The summed E-state index contributed by atoms with van der Waals surface area (Å²) in [6.45, 7) is 8.68. The van der Waals surface area contributed by atoms with Gasteiger partial charge in [0.1, 0.15) is 0 Å². The van der Waals surface area contributed by atoms with Crippen LogP contribution in [0.25, 0.3) is 0 Å². The number of hydrogen-bond acceptors (Lipinski definition) is 1. The maximum absolute atomic E-state index is 5.88. The van der Waals surface area contributed by atoms with Crippen LogP contribution < -0.4 is 5.73 Å². The first-order chi connectivity index (χ1) is 7.45. The van der Waals surface area contributed by atoms with E-state index in [4.69, 9.17) is 5.73 Å². The standard InChI is InChI=1S/C14H22N2/c1-5-8-13(15)16-12-10-7-6-9-11(12)14(2,3)4/h6-7,9-10H,5,8H2,1-4H3,(H2,15,16). The molecule has 0 aliphatic carbocycles. The topological polar surface area (TPSA) is 38.4 Å². The maximum atomic E-state index is 5.88. The first-order valence-electron chi connectivity index (χ1n) is 5.87. The largest absolute Gasteiger partial charge is 0.387 e. The lowest BCUT2D eigenvalue weighted by Crippen LogP contribution is -2.13. The lowest BCUT2D eigenvalue weighted by atomic mass is 9.86. The van der Waals surface area contributed by atoms with Crippen LogP contribution in [0.2, 0.25) is 0 Å². The molecule has 0 heterocycles. The van der Waals surface area contributed by atoms with Gasteiger partial charge in [0.05, 0.1) is 11.5 Å². The smallest absolute Gasteiger partial charge is 0.0996 e. The minimum absolute atomic E-state index is 0.104. The molecule has 0 amide bonds. The molecular weight excluding hydrogens is 196 g/mol. The average molecular weight is 218 g/mol. The number of amidine groups is 1. The van der Waals surface area contributed by atoms with Gasteiger partial charge < -0.3 is 5.73 Å². The van der Waals surface area contributed by atoms with E-state index in [0.29, 0.717) is 0 Å². The molecule has 0 saturated heterocycles. The molecule has 0 saturated carbocycles. The van der Waals surface area contributed by atoms with Gasteiger partial charge in [0.15, 0.2) is 0 Å². The molecular formula is C14H22N2. The highest BCUT2D eigenvalue weighted by molar-refractivity contribution is 5.83. The predicted octanol–water partition coefficient (Wildman–Crippen LogP) is 3.77. The summed E-state index contributed by atoms with van der Waals surface area (Å²) >= 11 is 0. The number of benzene rings is 1. The molecule has 0 aliphatic rings. The van der Waals surface area contributed by atoms with Crippen molar-refractivity contribution < 1.29 is 0 Å². The van der Waals surface area contributed by atoms with E-state index in [0.717, 1.165) is 24.4 Å². The molecule has 0 spiro atoms. The Labute approximate surface area is 98.6 Å². The second kappa shape index (κ2) is 5.15. The molecule has 1 aromatic carbocycles. The van der Waals surface area contributed by atoms with Crippen molar-refractivity contribution in [2.75, 3.05) is 0 Å². The van der Waals surface area contributed by atoms with Crippen molar-refractivity contribution in [2.45, 2.75) is 46.0 Å². The third-order valence-electron chi connectivity index (χ3n) is 2.48. The van der Waals surface area contributed by atoms with Crippen LogP contribution in [0.15, 0.2) is 29.3 Å². The summed E-state index contributed by atoms with van der Waals surface area (Å²) < 4.78 is 0. The Morgan fingerprint density at radius 1 is 1.25 bits per heavy atom. The summed E-state index contributed by atoms with van der Waals surface area (Å²) in [6, 6.07) is 8.21. The van der Waals surface area contributed by atoms with E-state index in [1.54, 1.807) is 0 Å². The maximum Gasteiger partial charge on any atom is 0.0996 e. The molecule has 2 N–H and O–H groups in total. The van der Waals surface area contributed by atoms with Gasteiger partial charge >= 0.3 is 0 Å². The van der Waals surface area contributed by atoms with Crippen molar-refractivity contribution in [3.63, 3.8) is 0 Å².